The van der Waals surface area contributed by atoms with Gasteiger partial charge in [0.05, 0.1) is 0 Å². The van der Waals surface area contributed by atoms with Gasteiger partial charge >= 0.3 is 0 Å². The van der Waals surface area contributed by atoms with Gasteiger partial charge in [0.15, 0.2) is 5.76 Å². The molecular formula is C35H50N2O3. The van der Waals surface area contributed by atoms with Crippen LogP contribution >= 0.6 is 0 Å². The van der Waals surface area contributed by atoms with Crippen LogP contribution in [0.25, 0.3) is 0 Å². The quantitative estimate of drug-likeness (QED) is 0.433. The summed E-state index contributed by atoms with van der Waals surface area (Å²) in [4.78, 5) is 29.1. The molecule has 1 aromatic carbocycles. The number of fused-ring (bicyclic) bond motifs is 2. The van der Waals surface area contributed by atoms with E-state index in [9.17, 15) is 9.59 Å². The summed E-state index contributed by atoms with van der Waals surface area (Å²) in [5.74, 6) is 1.91. The van der Waals surface area contributed by atoms with Gasteiger partial charge in [-0.15, -0.1) is 0 Å². The van der Waals surface area contributed by atoms with Crippen LogP contribution in [0.15, 0.2) is 28.7 Å². The summed E-state index contributed by atoms with van der Waals surface area (Å²) >= 11 is 0. The predicted molar refractivity (Wildman–Crippen MR) is 161 cm³/mol. The highest BCUT2D eigenvalue weighted by molar-refractivity contribution is 5.96. The highest BCUT2D eigenvalue weighted by atomic mass is 16.4. The van der Waals surface area contributed by atoms with E-state index in [1.54, 1.807) is 0 Å². The summed E-state index contributed by atoms with van der Waals surface area (Å²) in [5.41, 5.74) is 5.41. The largest absolute Gasteiger partial charge is 0.456 e. The normalized spacial score (nSPS) is 25.6. The van der Waals surface area contributed by atoms with E-state index in [4.69, 9.17) is 4.42 Å². The third-order valence-electron chi connectivity index (χ3n) is 10.0. The molecular weight excluding hydrogens is 496 g/mol. The third-order valence-corrected chi connectivity index (χ3v) is 10.0. The van der Waals surface area contributed by atoms with Crippen LogP contribution in [0.4, 0.5) is 0 Å². The maximum absolute atomic E-state index is 13.9. The number of carbonyl (C=O) groups is 2. The van der Waals surface area contributed by atoms with E-state index in [1.807, 2.05) is 37.8 Å². The van der Waals surface area contributed by atoms with Crippen LogP contribution in [0.1, 0.15) is 132 Å². The van der Waals surface area contributed by atoms with Crippen molar-refractivity contribution >= 4 is 11.8 Å². The Kier molecular flexibility index (Phi) is 7.50. The Balaban J connectivity index is 1.39. The summed E-state index contributed by atoms with van der Waals surface area (Å²) in [6.45, 7) is 18.2. The van der Waals surface area contributed by atoms with Gasteiger partial charge in [0.1, 0.15) is 11.8 Å². The summed E-state index contributed by atoms with van der Waals surface area (Å²) in [6.07, 6.45) is 8.50. The molecule has 0 spiro atoms. The molecule has 1 aliphatic heterocycles. The number of likely N-dealkylation sites (tertiary alicyclic amines) is 1. The molecule has 40 heavy (non-hydrogen) atoms. The standard InChI is InChI=1S/C35H50N2O3/c1-22-17-27-28(35(7,8)16-15-34(27,5)6)19-25(22)18-26-13-14-30(40-26)32(39)37-21-24-12-10-9-11-23(24)20-29(37)31(38)36-33(2,3)4/h13-14,17,19,23-24,29H,9-12,15-16,18,20-21H2,1-8H3,(H,36,38). The van der Waals surface area contributed by atoms with Gasteiger partial charge in [-0.3, -0.25) is 9.59 Å². The van der Waals surface area contributed by atoms with Gasteiger partial charge < -0.3 is 14.6 Å². The molecule has 3 atom stereocenters. The molecule has 1 saturated heterocycles. The van der Waals surface area contributed by atoms with E-state index in [2.05, 4.69) is 52.1 Å². The summed E-state index contributed by atoms with van der Waals surface area (Å²) in [5, 5.41) is 3.14. The Morgan fingerprint density at radius 1 is 0.975 bits per heavy atom. The van der Waals surface area contributed by atoms with Crippen molar-refractivity contribution in [3.8, 4) is 0 Å². The van der Waals surface area contributed by atoms with Gasteiger partial charge in [-0.25, -0.2) is 0 Å². The molecule has 5 nitrogen and oxygen atoms in total. The maximum atomic E-state index is 13.9. The van der Waals surface area contributed by atoms with Crippen LogP contribution in [0.2, 0.25) is 0 Å². The number of amides is 2. The molecule has 1 N–H and O–H groups in total. The predicted octanol–water partition coefficient (Wildman–Crippen LogP) is 7.46. The number of hydrogen-bond acceptors (Lipinski definition) is 3. The van der Waals surface area contributed by atoms with E-state index in [1.165, 1.54) is 47.9 Å². The van der Waals surface area contributed by atoms with Crippen molar-refractivity contribution in [2.75, 3.05) is 6.54 Å². The molecule has 3 aliphatic rings. The molecule has 5 heteroatoms. The maximum Gasteiger partial charge on any atom is 0.290 e. The first kappa shape index (κ1) is 29.0. The lowest BCUT2D eigenvalue weighted by Gasteiger charge is -2.45. The van der Waals surface area contributed by atoms with E-state index in [0.717, 1.165) is 25.0 Å². The average molecular weight is 547 g/mol. The molecule has 1 aromatic heterocycles. The number of rotatable bonds is 4. The number of piperidine rings is 1. The Morgan fingerprint density at radius 2 is 1.60 bits per heavy atom. The smallest absolute Gasteiger partial charge is 0.290 e. The van der Waals surface area contributed by atoms with E-state index in [-0.39, 0.29) is 28.2 Å². The van der Waals surface area contributed by atoms with Crippen molar-refractivity contribution in [3.05, 3.63) is 58.0 Å². The minimum absolute atomic E-state index is 0.0492. The lowest BCUT2D eigenvalue weighted by Crippen LogP contribution is -2.59. The summed E-state index contributed by atoms with van der Waals surface area (Å²) < 4.78 is 6.24. The van der Waals surface area contributed by atoms with Crippen molar-refractivity contribution in [1.29, 1.82) is 0 Å². The molecule has 5 rings (SSSR count). The fourth-order valence-corrected chi connectivity index (χ4v) is 7.43. The molecule has 2 heterocycles. The van der Waals surface area contributed by atoms with Crippen molar-refractivity contribution in [2.45, 2.75) is 129 Å². The molecule has 2 amide bonds. The molecule has 3 unspecified atom stereocenters. The minimum Gasteiger partial charge on any atom is -0.456 e. The number of nitrogens with zero attached hydrogens (tertiary/aromatic N) is 1. The molecule has 0 bridgehead atoms. The van der Waals surface area contributed by atoms with Gasteiger partial charge in [-0.2, -0.15) is 0 Å². The van der Waals surface area contributed by atoms with Crippen LogP contribution in [0.5, 0.6) is 0 Å². The van der Waals surface area contributed by atoms with Crippen molar-refractivity contribution in [3.63, 3.8) is 0 Å². The number of benzene rings is 1. The minimum atomic E-state index is -0.451. The van der Waals surface area contributed by atoms with Gasteiger partial charge in [-0.05, 0) is 110 Å². The lowest BCUT2D eigenvalue weighted by molar-refractivity contribution is -0.130. The fraction of sp³-hybridized carbons (Fsp3) is 0.657. The Hall–Kier alpha value is -2.56. The van der Waals surface area contributed by atoms with Gasteiger partial charge in [0, 0.05) is 18.5 Å². The zero-order valence-electron chi connectivity index (χ0n) is 26.1. The molecule has 2 aromatic rings. The van der Waals surface area contributed by atoms with Crippen LogP contribution < -0.4 is 5.32 Å². The van der Waals surface area contributed by atoms with Gasteiger partial charge in [-0.1, -0.05) is 59.1 Å². The van der Waals surface area contributed by atoms with Crippen LogP contribution in [-0.4, -0.2) is 34.8 Å². The van der Waals surface area contributed by atoms with E-state index >= 15 is 0 Å². The number of carbonyl (C=O) groups excluding carboxylic acids is 2. The third kappa shape index (κ3) is 5.76. The number of aryl methyl sites for hydroxylation is 1. The number of hydrogen-bond donors (Lipinski definition) is 1. The summed E-state index contributed by atoms with van der Waals surface area (Å²) in [6, 6.07) is 8.07. The second-order valence-corrected chi connectivity index (χ2v) is 15.3. The van der Waals surface area contributed by atoms with Crippen molar-refractivity contribution < 1.29 is 14.0 Å². The Bertz CT molecular complexity index is 1280. The molecule has 2 fully saturated rings. The van der Waals surface area contributed by atoms with Crippen molar-refractivity contribution in [2.24, 2.45) is 11.8 Å². The zero-order valence-corrected chi connectivity index (χ0v) is 26.1. The highest BCUT2D eigenvalue weighted by Gasteiger charge is 2.43. The lowest BCUT2D eigenvalue weighted by atomic mass is 9.62. The molecule has 218 valence electrons. The topological polar surface area (TPSA) is 62.6 Å². The SMILES string of the molecule is Cc1cc2c(cc1Cc1ccc(C(=O)N3CC4CCCCC4CC3C(=O)NC(C)(C)C)o1)C(C)(C)CCC2(C)C. The summed E-state index contributed by atoms with van der Waals surface area (Å²) in [7, 11) is 0. The average Bonchev–Trinajstić information content (AvgIpc) is 3.34. The Morgan fingerprint density at radius 3 is 2.25 bits per heavy atom. The Labute approximate surface area is 241 Å². The monoisotopic (exact) mass is 546 g/mol. The second kappa shape index (κ2) is 10.4. The van der Waals surface area contributed by atoms with E-state index < -0.39 is 6.04 Å². The molecule has 1 saturated carbocycles. The van der Waals surface area contributed by atoms with Crippen LogP contribution in [-0.2, 0) is 22.0 Å². The number of furan rings is 1. The fourth-order valence-electron chi connectivity index (χ4n) is 7.43. The van der Waals surface area contributed by atoms with Crippen LogP contribution in [0, 0.1) is 18.8 Å². The first-order chi connectivity index (χ1) is 18.6. The van der Waals surface area contributed by atoms with Crippen LogP contribution in [0.3, 0.4) is 0 Å². The first-order valence-corrected chi connectivity index (χ1v) is 15.5. The molecule has 2 aliphatic carbocycles. The zero-order chi connectivity index (χ0) is 29.0. The van der Waals surface area contributed by atoms with E-state index in [0.29, 0.717) is 30.6 Å². The van der Waals surface area contributed by atoms with Crippen molar-refractivity contribution in [1.82, 2.24) is 10.2 Å². The van der Waals surface area contributed by atoms with Gasteiger partial charge in [0.25, 0.3) is 5.91 Å². The second-order valence-electron chi connectivity index (χ2n) is 15.3. The highest BCUT2D eigenvalue weighted by Crippen LogP contribution is 2.47. The first-order valence-electron chi connectivity index (χ1n) is 15.5. The molecule has 0 radical (unpaired) electrons. The number of nitrogens with one attached hydrogen (secondary N) is 1. The van der Waals surface area contributed by atoms with Gasteiger partial charge in [0.2, 0.25) is 5.91 Å².